The summed E-state index contributed by atoms with van der Waals surface area (Å²) in [4.78, 5) is 13.2. The molecule has 0 radical (unpaired) electrons. The monoisotopic (exact) mass is 509 g/mol. The third kappa shape index (κ3) is 5.47. The Morgan fingerprint density at radius 3 is 2.70 bits per heavy atom. The number of aromatic amines is 1. The lowest BCUT2D eigenvalue weighted by Crippen LogP contribution is -2.47. The van der Waals surface area contributed by atoms with Crippen LogP contribution in [0.25, 0.3) is 12.2 Å². The number of hydrogen-bond donors (Lipinski definition) is 3. The minimum Gasteiger partial charge on any atom is -0.421 e. The van der Waals surface area contributed by atoms with Gasteiger partial charge in [-0.15, -0.1) is 0 Å². The number of β-amino-alcohol motifs (C(OH)–C–C–N with tert-alkyl or cyclic N) is 1. The Morgan fingerprint density at radius 2 is 1.95 bits per heavy atom. The van der Waals surface area contributed by atoms with Gasteiger partial charge in [-0.25, -0.2) is 8.78 Å². The van der Waals surface area contributed by atoms with E-state index in [9.17, 15) is 9.50 Å². The fraction of sp³-hybridized carbons (Fsp3) is 0.346. The zero-order valence-corrected chi connectivity index (χ0v) is 20.8. The third-order valence-corrected chi connectivity index (χ3v) is 6.38. The van der Waals surface area contributed by atoms with Crippen LogP contribution in [-0.2, 0) is 6.42 Å². The van der Waals surface area contributed by atoms with Crippen LogP contribution in [0.3, 0.4) is 0 Å². The number of benzene rings is 1. The third-order valence-electron chi connectivity index (χ3n) is 6.38. The van der Waals surface area contributed by atoms with E-state index in [-0.39, 0.29) is 23.9 Å². The molecule has 1 saturated heterocycles. The van der Waals surface area contributed by atoms with Crippen molar-refractivity contribution >= 4 is 29.6 Å². The number of allylic oxidation sites excluding steroid dienone is 2. The van der Waals surface area contributed by atoms with Gasteiger partial charge in [-0.1, -0.05) is 17.7 Å². The quantitative estimate of drug-likeness (QED) is 0.417. The number of ether oxygens (including phenoxy) is 1. The number of H-pyrrole nitrogens is 1. The number of nitrogens with one attached hydrogen (secondary N) is 2. The van der Waals surface area contributed by atoms with Crippen LogP contribution in [0.4, 0.5) is 26.2 Å². The summed E-state index contributed by atoms with van der Waals surface area (Å²) in [5, 5.41) is 19.5. The summed E-state index contributed by atoms with van der Waals surface area (Å²) in [6, 6.07) is 4.53. The van der Waals surface area contributed by atoms with Gasteiger partial charge in [0.25, 0.3) is 0 Å². The first-order chi connectivity index (χ1) is 17.9. The van der Waals surface area contributed by atoms with E-state index in [2.05, 4.69) is 35.3 Å². The molecule has 1 aliphatic carbocycles. The van der Waals surface area contributed by atoms with Gasteiger partial charge in [-0.3, -0.25) is 10.00 Å². The van der Waals surface area contributed by atoms with Gasteiger partial charge in [-0.05, 0) is 26.3 Å². The number of anilines is 3. The van der Waals surface area contributed by atoms with E-state index >= 15 is 4.39 Å². The van der Waals surface area contributed by atoms with Crippen LogP contribution in [0.5, 0.6) is 11.8 Å². The van der Waals surface area contributed by atoms with Crippen LogP contribution in [0, 0.1) is 11.6 Å². The van der Waals surface area contributed by atoms with E-state index in [1.807, 2.05) is 32.1 Å². The number of piperazine rings is 1. The lowest BCUT2D eigenvalue weighted by Gasteiger charge is -2.35. The summed E-state index contributed by atoms with van der Waals surface area (Å²) in [5.74, 6) is 0.0759. The predicted octanol–water partition coefficient (Wildman–Crippen LogP) is 4.12. The summed E-state index contributed by atoms with van der Waals surface area (Å²) in [7, 11) is 0. The molecule has 3 heterocycles. The summed E-state index contributed by atoms with van der Waals surface area (Å²) in [5.41, 5.74) is 2.23. The maximum absolute atomic E-state index is 15.2. The van der Waals surface area contributed by atoms with Crippen LogP contribution in [-0.4, -0.2) is 69.5 Å². The van der Waals surface area contributed by atoms with E-state index in [1.54, 1.807) is 12.1 Å². The van der Waals surface area contributed by atoms with Crippen LogP contribution in [0.15, 0.2) is 29.8 Å². The Morgan fingerprint density at radius 1 is 1.14 bits per heavy atom. The van der Waals surface area contributed by atoms with Gasteiger partial charge in [0.05, 0.1) is 12.3 Å². The Bertz CT molecular complexity index is 1350. The van der Waals surface area contributed by atoms with Gasteiger partial charge in [0.1, 0.15) is 17.5 Å². The first-order valence-corrected chi connectivity index (χ1v) is 12.2. The van der Waals surface area contributed by atoms with Crippen molar-refractivity contribution in [3.8, 4) is 11.8 Å². The molecule has 9 nitrogen and oxygen atoms in total. The maximum Gasteiger partial charge on any atom is 0.326 e. The van der Waals surface area contributed by atoms with Crippen LogP contribution < -0.4 is 15.0 Å². The molecule has 0 saturated carbocycles. The lowest BCUT2D eigenvalue weighted by molar-refractivity contribution is 0.188. The fourth-order valence-electron chi connectivity index (χ4n) is 4.56. The van der Waals surface area contributed by atoms with Gasteiger partial charge in [0.15, 0.2) is 17.4 Å². The number of halogens is 2. The average Bonchev–Trinajstić information content (AvgIpc) is 3.49. The topological polar surface area (TPSA) is 102 Å². The fourth-order valence-corrected chi connectivity index (χ4v) is 4.56. The molecule has 1 aromatic carbocycles. The Balaban J connectivity index is 1.46. The van der Waals surface area contributed by atoms with Crippen molar-refractivity contribution in [2.45, 2.75) is 20.3 Å². The van der Waals surface area contributed by atoms with Crippen LogP contribution in [0.2, 0.25) is 0 Å². The number of hydrogen-bond acceptors (Lipinski definition) is 8. The first kappa shape index (κ1) is 24.8. The van der Waals surface area contributed by atoms with Crippen LogP contribution in [0.1, 0.15) is 30.7 Å². The molecule has 1 fully saturated rings. The molecule has 5 rings (SSSR count). The zero-order valence-electron chi connectivity index (χ0n) is 20.8. The van der Waals surface area contributed by atoms with Gasteiger partial charge in [0, 0.05) is 62.0 Å². The lowest BCUT2D eigenvalue weighted by atomic mass is 10.1. The molecular formula is C26H29F2N7O2. The van der Waals surface area contributed by atoms with E-state index < -0.39 is 11.6 Å². The summed E-state index contributed by atoms with van der Waals surface area (Å²) in [6.45, 7) is 7.33. The number of aromatic nitrogens is 4. The number of aliphatic hydroxyl groups is 1. The highest BCUT2D eigenvalue weighted by atomic mass is 19.1. The molecule has 1 aliphatic heterocycles. The number of fused-ring (bicyclic) bond motifs is 1. The second-order valence-electron chi connectivity index (χ2n) is 9.11. The van der Waals surface area contributed by atoms with Crippen molar-refractivity contribution in [3.05, 3.63) is 58.3 Å². The van der Waals surface area contributed by atoms with Crippen molar-refractivity contribution in [3.63, 3.8) is 0 Å². The first-order valence-electron chi connectivity index (χ1n) is 12.2. The molecule has 0 atom stereocenters. The summed E-state index contributed by atoms with van der Waals surface area (Å²) >= 11 is 0. The minimum atomic E-state index is -0.641. The standard InChI is InChI=1S/C26H29F2N7O2/c1-3-4-17-13-23(33-32-17)29-22-15-24(35-7-5-34(6-8-35)9-10-36)31-26(30-22)37-21-14-20(27)18-11-16(2)12-19(18)25(21)28/h3-4,12-15,36H,5-11H2,1-2H3,(H2,29,30,31,32,33)/b4-3+. The van der Waals surface area contributed by atoms with E-state index in [0.29, 0.717) is 49.1 Å². The molecule has 0 amide bonds. The molecular weight excluding hydrogens is 480 g/mol. The van der Waals surface area contributed by atoms with Crippen molar-refractivity contribution in [2.24, 2.45) is 0 Å². The normalized spacial score (nSPS) is 15.8. The molecule has 194 valence electrons. The van der Waals surface area contributed by atoms with Crippen molar-refractivity contribution < 1.29 is 18.6 Å². The number of rotatable bonds is 8. The second kappa shape index (κ2) is 10.7. The predicted molar refractivity (Wildman–Crippen MR) is 138 cm³/mol. The largest absolute Gasteiger partial charge is 0.421 e. The van der Waals surface area contributed by atoms with Gasteiger partial charge >= 0.3 is 6.01 Å². The Hall–Kier alpha value is -3.83. The molecule has 2 aromatic heterocycles. The zero-order chi connectivity index (χ0) is 25.9. The molecule has 2 aliphatic rings. The smallest absolute Gasteiger partial charge is 0.326 e. The Kier molecular flexibility index (Phi) is 7.15. The molecule has 11 heteroatoms. The van der Waals surface area contributed by atoms with Gasteiger partial charge < -0.3 is 20.1 Å². The molecule has 0 unspecified atom stereocenters. The van der Waals surface area contributed by atoms with Crippen molar-refractivity contribution in [2.75, 3.05) is 49.5 Å². The molecule has 3 aromatic rings. The number of nitrogens with zero attached hydrogens (tertiary/aromatic N) is 5. The average molecular weight is 510 g/mol. The number of aliphatic hydroxyl groups excluding tert-OH is 1. The molecule has 0 bridgehead atoms. The Labute approximate surface area is 213 Å². The van der Waals surface area contributed by atoms with Crippen molar-refractivity contribution in [1.29, 1.82) is 0 Å². The minimum absolute atomic E-state index is 0.107. The highest BCUT2D eigenvalue weighted by Crippen LogP contribution is 2.36. The van der Waals surface area contributed by atoms with E-state index in [0.717, 1.165) is 30.4 Å². The summed E-state index contributed by atoms with van der Waals surface area (Å²) < 4.78 is 35.7. The summed E-state index contributed by atoms with van der Waals surface area (Å²) in [6.07, 6.45) is 5.78. The SMILES string of the molecule is C/C=C/c1cc(Nc2cc(N3CCN(CCO)CC3)nc(Oc3cc(F)c4c(c3F)C=C(C)C4)n2)n[nH]1. The van der Waals surface area contributed by atoms with Crippen molar-refractivity contribution in [1.82, 2.24) is 25.1 Å². The highest BCUT2D eigenvalue weighted by Gasteiger charge is 2.24. The second-order valence-corrected chi connectivity index (χ2v) is 9.11. The van der Waals surface area contributed by atoms with E-state index in [4.69, 9.17) is 4.74 Å². The maximum atomic E-state index is 15.2. The van der Waals surface area contributed by atoms with Gasteiger partial charge in [0.2, 0.25) is 0 Å². The van der Waals surface area contributed by atoms with Crippen LogP contribution >= 0.6 is 0 Å². The van der Waals surface area contributed by atoms with Gasteiger partial charge in [-0.2, -0.15) is 15.1 Å². The molecule has 37 heavy (non-hydrogen) atoms. The highest BCUT2D eigenvalue weighted by molar-refractivity contribution is 5.66. The van der Waals surface area contributed by atoms with E-state index in [1.165, 1.54) is 0 Å². The molecule has 0 spiro atoms. The molecule has 3 N–H and O–H groups in total.